The van der Waals surface area contributed by atoms with Gasteiger partial charge < -0.3 is 4.90 Å². The minimum Gasteiger partial charge on any atom is -0.306 e. The van der Waals surface area contributed by atoms with Gasteiger partial charge >= 0.3 is 0 Å². The molecule has 0 amide bonds. The van der Waals surface area contributed by atoms with Crippen molar-refractivity contribution in [3.63, 3.8) is 0 Å². The van der Waals surface area contributed by atoms with Gasteiger partial charge in [0, 0.05) is 6.54 Å². The first kappa shape index (κ1) is 10.0. The van der Waals surface area contributed by atoms with Gasteiger partial charge in [0.1, 0.15) is 0 Å². The highest BCUT2D eigenvalue weighted by molar-refractivity contribution is 4.75. The van der Waals surface area contributed by atoms with Gasteiger partial charge in [0.05, 0.1) is 0 Å². The van der Waals surface area contributed by atoms with Crippen molar-refractivity contribution in [1.82, 2.24) is 4.90 Å². The number of unbranched alkanes of at least 4 members (excludes halogenated alkanes) is 1. The van der Waals surface area contributed by atoms with Crippen molar-refractivity contribution >= 4 is 0 Å². The van der Waals surface area contributed by atoms with Crippen LogP contribution in [0.4, 0.5) is 0 Å². The standard InChI is InChI=1S/C11H23N/c1-4-5-6-11-7-8-12(3)9-10(11)2/h10-11H,4-9H2,1-3H3. The lowest BCUT2D eigenvalue weighted by Crippen LogP contribution is -2.36. The van der Waals surface area contributed by atoms with Crippen LogP contribution in [0.3, 0.4) is 0 Å². The monoisotopic (exact) mass is 169 g/mol. The third kappa shape index (κ3) is 2.78. The van der Waals surface area contributed by atoms with Crippen LogP contribution >= 0.6 is 0 Å². The van der Waals surface area contributed by atoms with Crippen molar-refractivity contribution in [1.29, 1.82) is 0 Å². The molecule has 12 heavy (non-hydrogen) atoms. The second-order valence-corrected chi connectivity index (χ2v) is 4.43. The van der Waals surface area contributed by atoms with Gasteiger partial charge in [0.2, 0.25) is 0 Å². The Hall–Kier alpha value is -0.0400. The van der Waals surface area contributed by atoms with Gasteiger partial charge in [0.15, 0.2) is 0 Å². The van der Waals surface area contributed by atoms with Crippen LogP contribution in [0, 0.1) is 11.8 Å². The minimum absolute atomic E-state index is 0.926. The van der Waals surface area contributed by atoms with Crippen LogP contribution in [-0.2, 0) is 0 Å². The first-order valence-corrected chi connectivity index (χ1v) is 5.42. The highest BCUT2D eigenvalue weighted by atomic mass is 15.1. The number of rotatable bonds is 3. The zero-order valence-corrected chi connectivity index (χ0v) is 8.84. The summed E-state index contributed by atoms with van der Waals surface area (Å²) >= 11 is 0. The predicted molar refractivity (Wildman–Crippen MR) is 54.3 cm³/mol. The molecule has 1 nitrogen and oxygen atoms in total. The zero-order chi connectivity index (χ0) is 8.97. The topological polar surface area (TPSA) is 3.24 Å². The second kappa shape index (κ2) is 4.86. The average molecular weight is 169 g/mol. The number of likely N-dealkylation sites (tertiary alicyclic amines) is 1. The van der Waals surface area contributed by atoms with Crippen molar-refractivity contribution in [2.24, 2.45) is 11.8 Å². The Bertz CT molecular complexity index is 120. The van der Waals surface area contributed by atoms with E-state index >= 15 is 0 Å². The van der Waals surface area contributed by atoms with E-state index in [-0.39, 0.29) is 0 Å². The maximum Gasteiger partial charge on any atom is 0.000662 e. The molecule has 0 bridgehead atoms. The summed E-state index contributed by atoms with van der Waals surface area (Å²) in [4.78, 5) is 2.47. The van der Waals surface area contributed by atoms with Gasteiger partial charge in [-0.3, -0.25) is 0 Å². The molecule has 0 aliphatic carbocycles. The number of nitrogens with zero attached hydrogens (tertiary/aromatic N) is 1. The van der Waals surface area contributed by atoms with Crippen LogP contribution in [0.1, 0.15) is 39.5 Å². The molecule has 72 valence electrons. The summed E-state index contributed by atoms with van der Waals surface area (Å²) in [7, 11) is 2.24. The lowest BCUT2D eigenvalue weighted by Gasteiger charge is -2.34. The Morgan fingerprint density at radius 3 is 2.75 bits per heavy atom. The van der Waals surface area contributed by atoms with E-state index in [0.717, 1.165) is 11.8 Å². The van der Waals surface area contributed by atoms with Crippen LogP contribution in [0.15, 0.2) is 0 Å². The van der Waals surface area contributed by atoms with Gasteiger partial charge in [-0.25, -0.2) is 0 Å². The SMILES string of the molecule is CCCCC1CCN(C)CC1C. The van der Waals surface area contributed by atoms with Crippen molar-refractivity contribution in [2.45, 2.75) is 39.5 Å². The first-order chi connectivity index (χ1) is 5.74. The summed E-state index contributed by atoms with van der Waals surface area (Å²) < 4.78 is 0. The smallest absolute Gasteiger partial charge is 0.000662 e. The summed E-state index contributed by atoms with van der Waals surface area (Å²) in [6, 6.07) is 0. The van der Waals surface area contributed by atoms with E-state index in [1.54, 1.807) is 0 Å². The Kier molecular flexibility index (Phi) is 4.07. The third-order valence-electron chi connectivity index (χ3n) is 3.21. The maximum absolute atomic E-state index is 2.47. The molecular formula is C11H23N. The minimum atomic E-state index is 0.926. The predicted octanol–water partition coefficient (Wildman–Crippen LogP) is 2.76. The zero-order valence-electron chi connectivity index (χ0n) is 8.84. The van der Waals surface area contributed by atoms with E-state index in [2.05, 4.69) is 25.8 Å². The van der Waals surface area contributed by atoms with Gasteiger partial charge in [-0.15, -0.1) is 0 Å². The summed E-state index contributed by atoms with van der Waals surface area (Å²) in [6.07, 6.45) is 5.68. The average Bonchev–Trinajstić information content (AvgIpc) is 2.03. The van der Waals surface area contributed by atoms with E-state index in [1.165, 1.54) is 38.8 Å². The highest BCUT2D eigenvalue weighted by Gasteiger charge is 2.22. The number of hydrogen-bond donors (Lipinski definition) is 0. The Labute approximate surface area is 77.1 Å². The van der Waals surface area contributed by atoms with Crippen molar-refractivity contribution in [2.75, 3.05) is 20.1 Å². The fourth-order valence-electron chi connectivity index (χ4n) is 2.30. The lowest BCUT2D eigenvalue weighted by atomic mass is 9.83. The fraction of sp³-hybridized carbons (Fsp3) is 1.00. The van der Waals surface area contributed by atoms with E-state index in [0.29, 0.717) is 0 Å². The highest BCUT2D eigenvalue weighted by Crippen LogP contribution is 2.26. The molecule has 1 rings (SSSR count). The molecule has 1 heterocycles. The van der Waals surface area contributed by atoms with E-state index in [1.807, 2.05) is 0 Å². The summed E-state index contributed by atoms with van der Waals surface area (Å²) in [5, 5.41) is 0. The molecule has 0 N–H and O–H groups in total. The molecular weight excluding hydrogens is 146 g/mol. The summed E-state index contributed by atoms with van der Waals surface area (Å²) in [5.74, 6) is 1.94. The second-order valence-electron chi connectivity index (χ2n) is 4.43. The summed E-state index contributed by atoms with van der Waals surface area (Å²) in [5.41, 5.74) is 0. The molecule has 1 aliphatic rings. The van der Waals surface area contributed by atoms with Crippen molar-refractivity contribution < 1.29 is 0 Å². The molecule has 1 saturated heterocycles. The van der Waals surface area contributed by atoms with Crippen LogP contribution in [-0.4, -0.2) is 25.0 Å². The van der Waals surface area contributed by atoms with Crippen LogP contribution < -0.4 is 0 Å². The quantitative estimate of drug-likeness (QED) is 0.628. The van der Waals surface area contributed by atoms with E-state index < -0.39 is 0 Å². The van der Waals surface area contributed by atoms with Crippen LogP contribution in [0.25, 0.3) is 0 Å². The van der Waals surface area contributed by atoms with E-state index in [9.17, 15) is 0 Å². The maximum atomic E-state index is 2.47. The van der Waals surface area contributed by atoms with Gasteiger partial charge in [0.25, 0.3) is 0 Å². The van der Waals surface area contributed by atoms with Gasteiger partial charge in [-0.05, 0) is 31.8 Å². The molecule has 1 heteroatoms. The Morgan fingerprint density at radius 2 is 2.17 bits per heavy atom. The first-order valence-electron chi connectivity index (χ1n) is 5.42. The molecule has 2 unspecified atom stereocenters. The van der Waals surface area contributed by atoms with Gasteiger partial charge in [-0.1, -0.05) is 33.1 Å². The van der Waals surface area contributed by atoms with Crippen LogP contribution in [0.5, 0.6) is 0 Å². The largest absolute Gasteiger partial charge is 0.306 e. The number of piperidine rings is 1. The summed E-state index contributed by atoms with van der Waals surface area (Å²) in [6.45, 7) is 7.34. The molecule has 0 radical (unpaired) electrons. The molecule has 0 aromatic heterocycles. The molecule has 0 spiro atoms. The molecule has 0 saturated carbocycles. The van der Waals surface area contributed by atoms with Gasteiger partial charge in [-0.2, -0.15) is 0 Å². The van der Waals surface area contributed by atoms with Crippen molar-refractivity contribution in [3.8, 4) is 0 Å². The van der Waals surface area contributed by atoms with Crippen molar-refractivity contribution in [3.05, 3.63) is 0 Å². The molecule has 2 atom stereocenters. The normalized spacial score (nSPS) is 32.2. The molecule has 1 fully saturated rings. The third-order valence-corrected chi connectivity index (χ3v) is 3.21. The number of hydrogen-bond acceptors (Lipinski definition) is 1. The Balaban J connectivity index is 2.25. The molecule has 0 aromatic carbocycles. The Morgan fingerprint density at radius 1 is 1.42 bits per heavy atom. The molecule has 1 aliphatic heterocycles. The molecule has 0 aromatic rings. The van der Waals surface area contributed by atoms with E-state index in [4.69, 9.17) is 0 Å². The van der Waals surface area contributed by atoms with Crippen LogP contribution in [0.2, 0.25) is 0 Å². The lowest BCUT2D eigenvalue weighted by molar-refractivity contribution is 0.146. The fourth-order valence-corrected chi connectivity index (χ4v) is 2.30.